The molecule has 0 aliphatic carbocycles. The van der Waals surface area contributed by atoms with E-state index in [4.69, 9.17) is 14.2 Å². The highest BCUT2D eigenvalue weighted by Gasteiger charge is 2.16. The van der Waals surface area contributed by atoms with Gasteiger partial charge in [0.25, 0.3) is 0 Å². The van der Waals surface area contributed by atoms with E-state index in [0.717, 1.165) is 26.1 Å². The third-order valence-electron chi connectivity index (χ3n) is 2.53. The number of hydrogen-bond donors (Lipinski definition) is 1. The smallest absolute Gasteiger partial charge is 0.332 e. The molecule has 0 aromatic heterocycles. The molecule has 0 fully saturated rings. The molecule has 0 radical (unpaired) electrons. The molecular formula is C13H27NO4. The van der Waals surface area contributed by atoms with Crippen LogP contribution in [0.1, 0.15) is 27.2 Å². The van der Waals surface area contributed by atoms with Crippen LogP contribution in [-0.4, -0.2) is 52.6 Å². The summed E-state index contributed by atoms with van der Waals surface area (Å²) in [5, 5.41) is 3.31. The van der Waals surface area contributed by atoms with Gasteiger partial charge in [0, 0.05) is 26.8 Å². The normalized spacial score (nSPS) is 11.6. The zero-order chi connectivity index (χ0) is 13.9. The van der Waals surface area contributed by atoms with E-state index in [0.29, 0.717) is 13.2 Å². The first-order chi connectivity index (χ1) is 8.52. The molecule has 5 heteroatoms. The molecule has 0 aliphatic heterocycles. The molecule has 0 unspecified atom stereocenters. The summed E-state index contributed by atoms with van der Waals surface area (Å²) in [5.41, 5.74) is 0.206. The zero-order valence-electron chi connectivity index (χ0n) is 12.1. The van der Waals surface area contributed by atoms with Crippen LogP contribution in [0.4, 0.5) is 0 Å². The van der Waals surface area contributed by atoms with Gasteiger partial charge in [0.2, 0.25) is 0 Å². The summed E-state index contributed by atoms with van der Waals surface area (Å²) in [5.74, 6) is -0.307. The minimum Gasteiger partial charge on any atom is -0.464 e. The summed E-state index contributed by atoms with van der Waals surface area (Å²) >= 11 is 0. The highest BCUT2D eigenvalue weighted by atomic mass is 16.6. The lowest BCUT2D eigenvalue weighted by atomic mass is 9.90. The molecule has 0 aromatic carbocycles. The number of carbonyl (C=O) groups is 1. The van der Waals surface area contributed by atoms with E-state index in [-0.39, 0.29) is 18.0 Å². The Morgan fingerprint density at radius 2 is 2.00 bits per heavy atom. The van der Waals surface area contributed by atoms with E-state index in [9.17, 15) is 4.79 Å². The van der Waals surface area contributed by atoms with E-state index in [2.05, 4.69) is 19.2 Å². The Morgan fingerprint density at radius 1 is 1.28 bits per heavy atom. The van der Waals surface area contributed by atoms with Crippen LogP contribution in [0.2, 0.25) is 0 Å². The van der Waals surface area contributed by atoms with Crippen molar-refractivity contribution in [2.24, 2.45) is 5.41 Å². The van der Waals surface area contributed by atoms with E-state index < -0.39 is 0 Å². The molecule has 0 amide bonds. The van der Waals surface area contributed by atoms with Gasteiger partial charge in [-0.3, -0.25) is 0 Å². The van der Waals surface area contributed by atoms with Gasteiger partial charge in [-0.1, -0.05) is 13.8 Å². The Bertz CT molecular complexity index is 219. The number of ether oxygens (including phenoxy) is 3. The highest BCUT2D eigenvalue weighted by Crippen LogP contribution is 2.18. The van der Waals surface area contributed by atoms with Crippen molar-refractivity contribution < 1.29 is 19.0 Å². The van der Waals surface area contributed by atoms with E-state index in [1.807, 2.05) is 0 Å². The predicted molar refractivity (Wildman–Crippen MR) is 70.6 cm³/mol. The monoisotopic (exact) mass is 261 g/mol. The minimum atomic E-state index is -0.307. The van der Waals surface area contributed by atoms with Gasteiger partial charge in [-0.2, -0.15) is 0 Å². The van der Waals surface area contributed by atoms with Crippen molar-refractivity contribution in [3.8, 4) is 0 Å². The van der Waals surface area contributed by atoms with E-state index in [1.54, 1.807) is 14.0 Å². The van der Waals surface area contributed by atoms with Crippen LogP contribution in [0.25, 0.3) is 0 Å². The van der Waals surface area contributed by atoms with Gasteiger partial charge in [-0.05, 0) is 18.8 Å². The topological polar surface area (TPSA) is 56.8 Å². The predicted octanol–water partition coefficient (Wildman–Crippen LogP) is 1.22. The van der Waals surface area contributed by atoms with Crippen molar-refractivity contribution in [1.82, 2.24) is 5.32 Å². The third kappa shape index (κ3) is 10.5. The maximum absolute atomic E-state index is 11.0. The second-order valence-corrected chi connectivity index (χ2v) is 4.94. The molecule has 0 heterocycles. The molecule has 0 spiro atoms. The lowest BCUT2D eigenvalue weighted by Crippen LogP contribution is -2.32. The van der Waals surface area contributed by atoms with Crippen LogP contribution >= 0.6 is 0 Å². The van der Waals surface area contributed by atoms with Gasteiger partial charge in [0.05, 0.1) is 13.2 Å². The number of nitrogens with one attached hydrogen (secondary N) is 1. The molecule has 18 heavy (non-hydrogen) atoms. The lowest BCUT2D eigenvalue weighted by molar-refractivity contribution is -0.148. The Kier molecular flexibility index (Phi) is 9.92. The van der Waals surface area contributed by atoms with Gasteiger partial charge in [-0.25, -0.2) is 4.79 Å². The van der Waals surface area contributed by atoms with Crippen LogP contribution < -0.4 is 5.32 Å². The van der Waals surface area contributed by atoms with Crippen molar-refractivity contribution in [1.29, 1.82) is 0 Å². The summed E-state index contributed by atoms with van der Waals surface area (Å²) in [6, 6.07) is 0. The van der Waals surface area contributed by atoms with Gasteiger partial charge in [0.1, 0.15) is 6.61 Å². The van der Waals surface area contributed by atoms with Gasteiger partial charge >= 0.3 is 5.97 Å². The Labute approximate surface area is 110 Å². The SMILES string of the molecule is CCOC(=O)COCCNCC(C)(C)CCOC. The largest absolute Gasteiger partial charge is 0.464 e. The minimum absolute atomic E-state index is 0.0303. The first kappa shape index (κ1) is 17.4. The van der Waals surface area contributed by atoms with Gasteiger partial charge in [0.15, 0.2) is 0 Å². The number of esters is 1. The van der Waals surface area contributed by atoms with Crippen LogP contribution in [0.5, 0.6) is 0 Å². The van der Waals surface area contributed by atoms with Crippen LogP contribution in [0.15, 0.2) is 0 Å². The lowest BCUT2D eigenvalue weighted by Gasteiger charge is -2.24. The molecule has 5 nitrogen and oxygen atoms in total. The summed E-state index contributed by atoms with van der Waals surface area (Å²) in [6.45, 7) is 9.51. The first-order valence-electron chi connectivity index (χ1n) is 6.45. The molecule has 1 N–H and O–H groups in total. The molecular weight excluding hydrogens is 234 g/mol. The summed E-state index contributed by atoms with van der Waals surface area (Å²) in [6.07, 6.45) is 1.01. The van der Waals surface area contributed by atoms with E-state index in [1.165, 1.54) is 0 Å². The fourth-order valence-corrected chi connectivity index (χ4v) is 1.40. The van der Waals surface area contributed by atoms with Crippen molar-refractivity contribution in [2.75, 3.05) is 46.6 Å². The van der Waals surface area contributed by atoms with Crippen molar-refractivity contribution in [3.63, 3.8) is 0 Å². The van der Waals surface area contributed by atoms with Crippen molar-refractivity contribution in [3.05, 3.63) is 0 Å². The van der Waals surface area contributed by atoms with Crippen molar-refractivity contribution >= 4 is 5.97 Å². The fraction of sp³-hybridized carbons (Fsp3) is 0.923. The highest BCUT2D eigenvalue weighted by molar-refractivity contribution is 5.70. The molecule has 0 saturated heterocycles. The van der Waals surface area contributed by atoms with Crippen LogP contribution in [0.3, 0.4) is 0 Å². The number of hydrogen-bond acceptors (Lipinski definition) is 5. The Morgan fingerprint density at radius 3 is 2.61 bits per heavy atom. The fourth-order valence-electron chi connectivity index (χ4n) is 1.40. The molecule has 108 valence electrons. The molecule has 0 rings (SSSR count). The van der Waals surface area contributed by atoms with Crippen LogP contribution in [0, 0.1) is 5.41 Å². The van der Waals surface area contributed by atoms with Gasteiger partial charge < -0.3 is 19.5 Å². The zero-order valence-corrected chi connectivity index (χ0v) is 12.1. The second kappa shape index (κ2) is 10.3. The summed E-state index contributed by atoms with van der Waals surface area (Å²) in [7, 11) is 1.72. The van der Waals surface area contributed by atoms with Crippen molar-refractivity contribution in [2.45, 2.75) is 27.2 Å². The second-order valence-electron chi connectivity index (χ2n) is 4.94. The Hall–Kier alpha value is -0.650. The molecule has 0 aliphatic rings. The average Bonchev–Trinajstić information content (AvgIpc) is 2.31. The Balaban J connectivity index is 3.41. The third-order valence-corrected chi connectivity index (χ3v) is 2.53. The number of rotatable bonds is 11. The van der Waals surface area contributed by atoms with E-state index >= 15 is 0 Å². The molecule has 0 atom stereocenters. The first-order valence-corrected chi connectivity index (χ1v) is 6.45. The number of carbonyl (C=O) groups excluding carboxylic acids is 1. The molecule has 0 aromatic rings. The summed E-state index contributed by atoms with van der Waals surface area (Å²) in [4.78, 5) is 11.0. The molecule has 0 bridgehead atoms. The number of methoxy groups -OCH3 is 1. The standard InChI is InChI=1S/C13H27NO4/c1-5-18-12(15)10-17-9-7-14-11-13(2,3)6-8-16-4/h14H,5-11H2,1-4H3. The quantitative estimate of drug-likeness (QED) is 0.447. The average molecular weight is 261 g/mol. The molecule has 0 saturated carbocycles. The maximum atomic E-state index is 11.0. The maximum Gasteiger partial charge on any atom is 0.332 e. The van der Waals surface area contributed by atoms with Gasteiger partial charge in [-0.15, -0.1) is 0 Å². The van der Waals surface area contributed by atoms with Crippen LogP contribution in [-0.2, 0) is 19.0 Å². The summed E-state index contributed by atoms with van der Waals surface area (Å²) < 4.78 is 15.0.